The first-order valence-electron chi connectivity index (χ1n) is 9.63. The average molecular weight is 539 g/mol. The van der Waals surface area contributed by atoms with Crippen molar-refractivity contribution in [2.45, 2.75) is 20.0 Å². The third-order valence-electron chi connectivity index (χ3n) is 4.97. The third kappa shape index (κ3) is 5.45. The first-order chi connectivity index (χ1) is 14.2. The van der Waals surface area contributed by atoms with Gasteiger partial charge in [0.1, 0.15) is 12.4 Å². The molecular formula is C19H26IN9S. The van der Waals surface area contributed by atoms with Gasteiger partial charge in [0.05, 0.1) is 6.54 Å². The van der Waals surface area contributed by atoms with E-state index in [9.17, 15) is 0 Å². The average Bonchev–Trinajstić information content (AvgIpc) is 3.40. The van der Waals surface area contributed by atoms with Gasteiger partial charge >= 0.3 is 0 Å². The van der Waals surface area contributed by atoms with Crippen molar-refractivity contribution >= 4 is 47.2 Å². The Kier molecular flexibility index (Phi) is 7.96. The molecule has 1 aliphatic rings. The summed E-state index contributed by atoms with van der Waals surface area (Å²) in [4.78, 5) is 19.4. The molecule has 30 heavy (non-hydrogen) atoms. The number of guanidine groups is 1. The van der Waals surface area contributed by atoms with Crippen molar-refractivity contribution in [1.82, 2.24) is 34.9 Å². The molecule has 0 bridgehead atoms. The van der Waals surface area contributed by atoms with Crippen molar-refractivity contribution in [2.24, 2.45) is 12.0 Å². The van der Waals surface area contributed by atoms with Gasteiger partial charge in [-0.3, -0.25) is 0 Å². The summed E-state index contributed by atoms with van der Waals surface area (Å²) < 4.78 is 1.98. The van der Waals surface area contributed by atoms with Crippen LogP contribution in [0.4, 0.5) is 5.95 Å². The van der Waals surface area contributed by atoms with Crippen LogP contribution >= 0.6 is 35.3 Å². The Labute approximate surface area is 197 Å². The quantitative estimate of drug-likeness (QED) is 0.302. The molecule has 0 amide bonds. The van der Waals surface area contributed by atoms with Crippen molar-refractivity contribution in [1.29, 1.82) is 0 Å². The number of aliphatic imine (C=N–C) groups is 1. The minimum absolute atomic E-state index is 0. The molecule has 0 saturated carbocycles. The number of aryl methyl sites for hydroxylation is 1. The van der Waals surface area contributed by atoms with Gasteiger partial charge in [0.25, 0.3) is 0 Å². The number of nitrogens with one attached hydrogen (secondary N) is 1. The smallest absolute Gasteiger partial charge is 0.225 e. The fraction of sp³-hybridized carbons (Fsp3) is 0.421. The predicted molar refractivity (Wildman–Crippen MR) is 129 cm³/mol. The molecule has 3 aromatic rings. The van der Waals surface area contributed by atoms with E-state index in [1.807, 2.05) is 24.6 Å². The molecule has 4 rings (SSSR count). The predicted octanol–water partition coefficient (Wildman–Crippen LogP) is 2.06. The van der Waals surface area contributed by atoms with Crippen LogP contribution in [0, 0.1) is 6.92 Å². The summed E-state index contributed by atoms with van der Waals surface area (Å²) in [6.07, 6.45) is 3.57. The number of piperazine rings is 1. The van der Waals surface area contributed by atoms with Crippen LogP contribution < -0.4 is 10.2 Å². The molecule has 9 nitrogen and oxygen atoms in total. The van der Waals surface area contributed by atoms with E-state index < -0.39 is 0 Å². The number of anilines is 1. The highest BCUT2D eigenvalue weighted by atomic mass is 127. The molecular weight excluding hydrogens is 513 g/mol. The van der Waals surface area contributed by atoms with Crippen LogP contribution in [0.15, 0.2) is 41.0 Å². The van der Waals surface area contributed by atoms with Gasteiger partial charge in [0.15, 0.2) is 11.8 Å². The fourth-order valence-electron chi connectivity index (χ4n) is 3.15. The number of rotatable bonds is 5. The fourth-order valence-corrected chi connectivity index (χ4v) is 3.80. The third-order valence-corrected chi connectivity index (χ3v) is 5.84. The van der Waals surface area contributed by atoms with E-state index >= 15 is 0 Å². The Morgan fingerprint density at radius 3 is 2.53 bits per heavy atom. The van der Waals surface area contributed by atoms with E-state index in [0.29, 0.717) is 6.54 Å². The van der Waals surface area contributed by atoms with Crippen molar-refractivity contribution in [3.8, 4) is 0 Å². The van der Waals surface area contributed by atoms with Gasteiger partial charge in [-0.25, -0.2) is 15.0 Å². The monoisotopic (exact) mass is 539 g/mol. The van der Waals surface area contributed by atoms with E-state index in [1.165, 1.54) is 4.88 Å². The zero-order valence-corrected chi connectivity index (χ0v) is 20.2. The van der Waals surface area contributed by atoms with Crippen molar-refractivity contribution < 1.29 is 0 Å². The van der Waals surface area contributed by atoms with Gasteiger partial charge in [-0.05, 0) is 24.4 Å². The molecule has 1 aliphatic heterocycles. The van der Waals surface area contributed by atoms with Gasteiger partial charge in [-0.15, -0.1) is 45.5 Å². The molecule has 0 aromatic carbocycles. The molecule has 1 fully saturated rings. The molecule has 0 spiro atoms. The molecule has 3 aromatic heterocycles. The number of nitrogens with zero attached hydrogens (tertiary/aromatic N) is 8. The van der Waals surface area contributed by atoms with Gasteiger partial charge in [-0.1, -0.05) is 6.07 Å². The summed E-state index contributed by atoms with van der Waals surface area (Å²) in [5.74, 6) is 3.42. The lowest BCUT2D eigenvalue weighted by molar-refractivity contribution is 0.369. The summed E-state index contributed by atoms with van der Waals surface area (Å²) in [5, 5.41) is 14.0. The molecule has 1 saturated heterocycles. The summed E-state index contributed by atoms with van der Waals surface area (Å²) >= 11 is 1.74. The Hall–Kier alpha value is -2.28. The number of thiophene rings is 1. The Balaban J connectivity index is 0.00000256. The van der Waals surface area contributed by atoms with Crippen molar-refractivity contribution in [3.63, 3.8) is 0 Å². The molecule has 0 aliphatic carbocycles. The molecule has 0 unspecified atom stereocenters. The van der Waals surface area contributed by atoms with Gasteiger partial charge in [0, 0.05) is 50.5 Å². The molecule has 0 radical (unpaired) electrons. The first kappa shape index (κ1) is 22.4. The van der Waals surface area contributed by atoms with E-state index in [1.54, 1.807) is 23.7 Å². The number of hydrogen-bond acceptors (Lipinski definition) is 7. The lowest BCUT2D eigenvalue weighted by Gasteiger charge is -2.36. The zero-order chi connectivity index (χ0) is 20.1. The molecule has 0 atom stereocenters. The number of halogens is 1. The standard InChI is InChI=1S/C19H25N9S.HI/c1-15-24-25-17(26(15)2)14-23-19(22-13-16-5-3-12-29-16)28-10-8-27(9-11-28)18-20-6-4-7-21-18;/h3-7,12H,8-11,13-14H2,1-2H3,(H,22,23);1H. The highest BCUT2D eigenvalue weighted by Crippen LogP contribution is 2.12. The van der Waals surface area contributed by atoms with Crippen molar-refractivity contribution in [3.05, 3.63) is 52.5 Å². The Morgan fingerprint density at radius 2 is 1.90 bits per heavy atom. The maximum Gasteiger partial charge on any atom is 0.225 e. The zero-order valence-electron chi connectivity index (χ0n) is 17.1. The van der Waals surface area contributed by atoms with Gasteiger partial charge in [-0.2, -0.15) is 0 Å². The summed E-state index contributed by atoms with van der Waals surface area (Å²) in [7, 11) is 1.97. The lowest BCUT2D eigenvalue weighted by atomic mass is 10.3. The molecule has 11 heteroatoms. The minimum atomic E-state index is 0. The van der Waals surface area contributed by atoms with Crippen molar-refractivity contribution in [2.75, 3.05) is 31.1 Å². The van der Waals surface area contributed by atoms with Gasteiger partial charge in [0.2, 0.25) is 5.95 Å². The minimum Gasteiger partial charge on any atom is -0.351 e. The van der Waals surface area contributed by atoms with E-state index in [2.05, 4.69) is 52.8 Å². The highest BCUT2D eigenvalue weighted by molar-refractivity contribution is 14.0. The second kappa shape index (κ2) is 10.7. The van der Waals surface area contributed by atoms with E-state index in [0.717, 1.165) is 56.3 Å². The molecule has 4 heterocycles. The Bertz CT molecular complexity index is 934. The largest absolute Gasteiger partial charge is 0.351 e. The normalized spacial score (nSPS) is 14.5. The second-order valence-electron chi connectivity index (χ2n) is 6.82. The van der Waals surface area contributed by atoms with E-state index in [4.69, 9.17) is 4.99 Å². The topological polar surface area (TPSA) is 87.4 Å². The second-order valence-corrected chi connectivity index (χ2v) is 7.85. The maximum absolute atomic E-state index is 4.85. The lowest BCUT2D eigenvalue weighted by Crippen LogP contribution is -2.52. The van der Waals surface area contributed by atoms with Crippen LogP contribution in [0.25, 0.3) is 0 Å². The first-order valence-corrected chi connectivity index (χ1v) is 10.5. The number of hydrogen-bond donors (Lipinski definition) is 1. The molecule has 160 valence electrons. The number of aromatic nitrogens is 5. The summed E-state index contributed by atoms with van der Waals surface area (Å²) in [6, 6.07) is 6.04. The van der Waals surface area contributed by atoms with Crippen LogP contribution in [-0.4, -0.2) is 61.8 Å². The highest BCUT2D eigenvalue weighted by Gasteiger charge is 2.21. The van der Waals surface area contributed by atoms with Crippen LogP contribution in [0.2, 0.25) is 0 Å². The van der Waals surface area contributed by atoms with Gasteiger partial charge < -0.3 is 19.7 Å². The van der Waals surface area contributed by atoms with E-state index in [-0.39, 0.29) is 24.0 Å². The Morgan fingerprint density at radius 1 is 1.13 bits per heavy atom. The SMILES string of the molecule is Cc1nnc(CN=C(NCc2cccs2)N2CCN(c3ncccn3)CC2)n1C.I. The van der Waals surface area contributed by atoms with Crippen LogP contribution in [0.5, 0.6) is 0 Å². The van der Waals surface area contributed by atoms with Crippen LogP contribution in [0.1, 0.15) is 16.5 Å². The maximum atomic E-state index is 4.85. The van der Waals surface area contributed by atoms with Crippen LogP contribution in [0.3, 0.4) is 0 Å². The van der Waals surface area contributed by atoms with Crippen LogP contribution in [-0.2, 0) is 20.1 Å². The summed E-state index contributed by atoms with van der Waals surface area (Å²) in [5.41, 5.74) is 0. The summed E-state index contributed by atoms with van der Waals surface area (Å²) in [6.45, 7) is 6.61. The molecule has 1 N–H and O–H groups in total.